The average molecular weight is 461 g/mol. The molecule has 1 atom stereocenters. The van der Waals surface area contributed by atoms with Crippen molar-refractivity contribution in [3.63, 3.8) is 0 Å². The fraction of sp³-hybridized carbons (Fsp3) is 0.444. The summed E-state index contributed by atoms with van der Waals surface area (Å²) < 4.78 is 7.55. The molecule has 2 amide bonds. The van der Waals surface area contributed by atoms with Crippen LogP contribution in [0.25, 0.3) is 11.5 Å². The van der Waals surface area contributed by atoms with Gasteiger partial charge in [0.2, 0.25) is 5.91 Å². The van der Waals surface area contributed by atoms with E-state index in [4.69, 9.17) is 4.42 Å². The molecule has 5 rings (SSSR count). The molecule has 3 aromatic heterocycles. The predicted octanol–water partition coefficient (Wildman–Crippen LogP) is 4.79. The number of carbonyl (C=O) groups is 2. The number of fused-ring (bicyclic) bond motifs is 1. The number of amides is 2. The van der Waals surface area contributed by atoms with Gasteiger partial charge in [0.15, 0.2) is 0 Å². The quantitative estimate of drug-likeness (QED) is 0.594. The van der Waals surface area contributed by atoms with Gasteiger partial charge in [0.1, 0.15) is 17.0 Å². The molecule has 2 aliphatic rings. The van der Waals surface area contributed by atoms with Crippen LogP contribution in [-0.2, 0) is 17.9 Å². The Labute approximate surface area is 200 Å². The molecule has 0 bridgehead atoms. The molecule has 7 nitrogen and oxygen atoms in total. The Balaban J connectivity index is 1.49. The van der Waals surface area contributed by atoms with E-state index in [-0.39, 0.29) is 24.4 Å². The van der Waals surface area contributed by atoms with Gasteiger partial charge in [-0.1, -0.05) is 38.2 Å². The van der Waals surface area contributed by atoms with Crippen molar-refractivity contribution in [3.05, 3.63) is 66.3 Å². The van der Waals surface area contributed by atoms with Crippen LogP contribution in [0.4, 0.5) is 0 Å². The second-order valence-corrected chi connectivity index (χ2v) is 9.67. The largest absolute Gasteiger partial charge is 0.463 e. The Hall–Kier alpha value is -3.35. The molecule has 1 N–H and O–H groups in total. The lowest BCUT2D eigenvalue weighted by Gasteiger charge is -2.44. The topological polar surface area (TPSA) is 80.4 Å². The first-order valence-corrected chi connectivity index (χ1v) is 12.3. The van der Waals surface area contributed by atoms with E-state index in [9.17, 15) is 9.59 Å². The third-order valence-electron chi connectivity index (χ3n) is 7.26. The second kappa shape index (κ2) is 9.49. The van der Waals surface area contributed by atoms with Crippen LogP contribution in [0, 0.1) is 0 Å². The number of hydrogen-bond donors (Lipinski definition) is 1. The maximum absolute atomic E-state index is 13.9. The van der Waals surface area contributed by atoms with Crippen molar-refractivity contribution in [2.45, 2.75) is 76.5 Å². The van der Waals surface area contributed by atoms with E-state index in [1.807, 2.05) is 54.0 Å². The summed E-state index contributed by atoms with van der Waals surface area (Å²) in [5.74, 6) is 0.400. The Morgan fingerprint density at radius 2 is 1.82 bits per heavy atom. The number of hydrogen-bond acceptors (Lipinski definition) is 4. The minimum atomic E-state index is -1.07. The van der Waals surface area contributed by atoms with Gasteiger partial charge in [0, 0.05) is 12.2 Å². The molecule has 0 radical (unpaired) electrons. The van der Waals surface area contributed by atoms with Crippen molar-refractivity contribution in [3.8, 4) is 11.5 Å². The van der Waals surface area contributed by atoms with Gasteiger partial charge in [-0.25, -0.2) is 0 Å². The van der Waals surface area contributed by atoms with Gasteiger partial charge >= 0.3 is 0 Å². The summed E-state index contributed by atoms with van der Waals surface area (Å²) in [5.41, 5.74) is 1.05. The maximum atomic E-state index is 13.9. The van der Waals surface area contributed by atoms with E-state index < -0.39 is 5.54 Å². The third-order valence-corrected chi connectivity index (χ3v) is 7.26. The zero-order valence-electron chi connectivity index (χ0n) is 19.7. The van der Waals surface area contributed by atoms with Crippen LogP contribution in [-0.4, -0.2) is 37.8 Å². The van der Waals surface area contributed by atoms with Crippen molar-refractivity contribution in [2.75, 3.05) is 0 Å². The Kier molecular flexibility index (Phi) is 6.26. The van der Waals surface area contributed by atoms with E-state index >= 15 is 0 Å². The number of nitrogens with zero attached hydrogens (tertiary/aromatic N) is 3. The van der Waals surface area contributed by atoms with Gasteiger partial charge in [-0.2, -0.15) is 0 Å². The molecule has 0 aromatic carbocycles. The highest BCUT2D eigenvalue weighted by Crippen LogP contribution is 2.34. The van der Waals surface area contributed by atoms with Crippen LogP contribution in [0.3, 0.4) is 0 Å². The molecule has 0 saturated heterocycles. The summed E-state index contributed by atoms with van der Waals surface area (Å²) >= 11 is 0. The first-order valence-electron chi connectivity index (χ1n) is 12.3. The molecule has 4 heterocycles. The lowest BCUT2D eigenvalue weighted by molar-refractivity contribution is -0.134. The highest BCUT2D eigenvalue weighted by atomic mass is 16.3. The van der Waals surface area contributed by atoms with E-state index in [1.54, 1.807) is 17.4 Å². The summed E-state index contributed by atoms with van der Waals surface area (Å²) in [6, 6.07) is 13.2. The minimum absolute atomic E-state index is 0.105. The van der Waals surface area contributed by atoms with Gasteiger partial charge in [-0.15, -0.1) is 0 Å². The standard InChI is InChI=1S/C27H32N4O3/c1-27(26(33)29-20-10-5-3-2-4-6-11-20)19-30-22(24-13-9-17-34-24)14-15-23(30)25(32)31(27)18-21-12-7-8-16-28-21/h7-9,12-17,20H,2-6,10-11,18-19H2,1H3,(H,29,33)/t27-/m1/s1. The zero-order chi connectivity index (χ0) is 23.5. The molecule has 7 heteroatoms. The molecular formula is C27H32N4O3. The molecule has 34 heavy (non-hydrogen) atoms. The van der Waals surface area contributed by atoms with Crippen molar-refractivity contribution in [2.24, 2.45) is 0 Å². The monoisotopic (exact) mass is 460 g/mol. The summed E-state index contributed by atoms with van der Waals surface area (Å²) in [5, 5.41) is 3.32. The van der Waals surface area contributed by atoms with Crippen molar-refractivity contribution in [1.29, 1.82) is 0 Å². The van der Waals surface area contributed by atoms with Crippen molar-refractivity contribution in [1.82, 2.24) is 19.8 Å². The van der Waals surface area contributed by atoms with E-state index in [0.717, 1.165) is 37.1 Å². The summed E-state index contributed by atoms with van der Waals surface area (Å²) in [6.07, 6.45) is 11.3. The highest BCUT2D eigenvalue weighted by Gasteiger charge is 2.48. The number of nitrogens with one attached hydrogen (secondary N) is 1. The van der Waals surface area contributed by atoms with Crippen LogP contribution >= 0.6 is 0 Å². The Morgan fingerprint density at radius 1 is 1.06 bits per heavy atom. The smallest absolute Gasteiger partial charge is 0.271 e. The SMILES string of the molecule is C[C@]1(C(=O)NC2CCCCCCC2)Cn2c(ccc2-c2ccco2)C(=O)N1Cc1ccccn1. The third kappa shape index (κ3) is 4.27. The first kappa shape index (κ1) is 22.4. The number of rotatable bonds is 5. The van der Waals surface area contributed by atoms with Crippen LogP contribution in [0.15, 0.2) is 59.3 Å². The average Bonchev–Trinajstić information content (AvgIpc) is 3.49. The number of furan rings is 1. The molecule has 3 aromatic rings. The Morgan fingerprint density at radius 3 is 2.53 bits per heavy atom. The summed E-state index contributed by atoms with van der Waals surface area (Å²) in [4.78, 5) is 33.8. The van der Waals surface area contributed by atoms with Crippen LogP contribution < -0.4 is 5.32 Å². The second-order valence-electron chi connectivity index (χ2n) is 9.67. The van der Waals surface area contributed by atoms with Crippen LogP contribution in [0.1, 0.15) is 68.1 Å². The highest BCUT2D eigenvalue weighted by molar-refractivity contribution is 6.00. The van der Waals surface area contributed by atoms with Gasteiger partial charge in [-0.05, 0) is 56.2 Å². The van der Waals surface area contributed by atoms with Crippen LogP contribution in [0.5, 0.6) is 0 Å². The molecular weight excluding hydrogens is 428 g/mol. The van der Waals surface area contributed by atoms with Crippen LogP contribution in [0.2, 0.25) is 0 Å². The Bertz CT molecular complexity index is 1130. The molecule has 1 aliphatic heterocycles. The summed E-state index contributed by atoms with van der Waals surface area (Å²) in [7, 11) is 0. The molecule has 0 unspecified atom stereocenters. The lowest BCUT2D eigenvalue weighted by Crippen LogP contribution is -2.64. The molecule has 1 saturated carbocycles. The lowest BCUT2D eigenvalue weighted by atomic mass is 9.92. The van der Waals surface area contributed by atoms with Gasteiger partial charge < -0.3 is 19.2 Å². The van der Waals surface area contributed by atoms with Crippen molar-refractivity contribution >= 4 is 11.8 Å². The van der Waals surface area contributed by atoms with Gasteiger partial charge in [-0.3, -0.25) is 14.6 Å². The fourth-order valence-corrected chi connectivity index (χ4v) is 5.26. The molecule has 1 fully saturated rings. The number of aromatic nitrogens is 2. The maximum Gasteiger partial charge on any atom is 0.271 e. The molecule has 0 spiro atoms. The van der Waals surface area contributed by atoms with Crippen molar-refractivity contribution < 1.29 is 14.0 Å². The van der Waals surface area contributed by atoms with Gasteiger partial charge in [0.25, 0.3) is 5.91 Å². The fourth-order valence-electron chi connectivity index (χ4n) is 5.26. The van der Waals surface area contributed by atoms with E-state index in [0.29, 0.717) is 18.0 Å². The van der Waals surface area contributed by atoms with E-state index in [1.165, 1.54) is 19.3 Å². The predicted molar refractivity (Wildman–Crippen MR) is 129 cm³/mol. The summed E-state index contributed by atoms with van der Waals surface area (Å²) in [6.45, 7) is 2.50. The number of pyridine rings is 1. The zero-order valence-corrected chi connectivity index (χ0v) is 19.7. The molecule has 1 aliphatic carbocycles. The van der Waals surface area contributed by atoms with E-state index in [2.05, 4.69) is 10.3 Å². The normalized spacial score (nSPS) is 21.6. The molecule has 178 valence electrons. The first-order chi connectivity index (χ1) is 16.6. The van der Waals surface area contributed by atoms with Gasteiger partial charge in [0.05, 0.1) is 30.7 Å². The number of carbonyl (C=O) groups excluding carboxylic acids is 2. The minimum Gasteiger partial charge on any atom is -0.463 e.